The van der Waals surface area contributed by atoms with Gasteiger partial charge in [0.1, 0.15) is 18.1 Å². The molecule has 1 aromatic carbocycles. The molecule has 0 aliphatic heterocycles. The van der Waals surface area contributed by atoms with Crippen molar-refractivity contribution in [3.8, 4) is 11.3 Å². The zero-order valence-corrected chi connectivity index (χ0v) is 10.9. The van der Waals surface area contributed by atoms with E-state index in [-0.39, 0.29) is 12.4 Å². The van der Waals surface area contributed by atoms with Gasteiger partial charge in [-0.3, -0.25) is 4.79 Å². The highest BCUT2D eigenvalue weighted by Gasteiger charge is 2.07. The van der Waals surface area contributed by atoms with Gasteiger partial charge in [0.2, 0.25) is 0 Å². The smallest absolute Gasteiger partial charge is 0.293 e. The molecule has 1 heterocycles. The zero-order valence-electron chi connectivity index (χ0n) is 9.34. The van der Waals surface area contributed by atoms with Crippen molar-refractivity contribution in [2.45, 2.75) is 6.61 Å². The van der Waals surface area contributed by atoms with Gasteiger partial charge in [0.25, 0.3) is 6.47 Å². The van der Waals surface area contributed by atoms with Crippen molar-refractivity contribution in [1.82, 2.24) is 9.97 Å². The summed E-state index contributed by atoms with van der Waals surface area (Å²) < 4.78 is 5.59. The summed E-state index contributed by atoms with van der Waals surface area (Å²) in [5.41, 5.74) is 7.69. The number of nitrogens with zero attached hydrogens (tertiary/aromatic N) is 2. The van der Waals surface area contributed by atoms with E-state index >= 15 is 0 Å². The topological polar surface area (TPSA) is 78.1 Å². The van der Waals surface area contributed by atoms with Crippen LogP contribution in [0.4, 0.5) is 5.82 Å². The van der Waals surface area contributed by atoms with Crippen molar-refractivity contribution in [3.63, 3.8) is 0 Å². The summed E-state index contributed by atoms with van der Waals surface area (Å²) in [6, 6.07) is 7.66. The third-order valence-electron chi connectivity index (χ3n) is 2.29. The van der Waals surface area contributed by atoms with Crippen LogP contribution in [0.2, 0.25) is 0 Å². The lowest BCUT2D eigenvalue weighted by Crippen LogP contribution is -2.04. The summed E-state index contributed by atoms with van der Waals surface area (Å²) >= 11 is 3.39. The minimum Gasteiger partial charge on any atom is -0.461 e. The highest BCUT2D eigenvalue weighted by molar-refractivity contribution is 9.10. The fraction of sp³-hybridized carbons (Fsp3) is 0.0833. The van der Waals surface area contributed by atoms with Crippen molar-refractivity contribution in [1.29, 1.82) is 0 Å². The molecule has 0 fully saturated rings. The number of hydrogen-bond donors (Lipinski definition) is 1. The number of benzene rings is 1. The molecule has 2 N–H and O–H groups in total. The lowest BCUT2D eigenvalue weighted by molar-refractivity contribution is -0.129. The standard InChI is InChI=1S/C12H10BrN3O2/c13-9-3-1-2-8(4-9)10-5-15-12(14)11(16-10)6-18-7-17/h1-5,7H,6H2,(H2,14,15). The Hall–Kier alpha value is -1.95. The largest absolute Gasteiger partial charge is 0.461 e. The maximum Gasteiger partial charge on any atom is 0.293 e. The number of carbonyl (C=O) groups excluding carboxylic acids is 1. The molecule has 1 aromatic heterocycles. The Kier molecular flexibility index (Phi) is 3.88. The fourth-order valence-corrected chi connectivity index (χ4v) is 1.84. The van der Waals surface area contributed by atoms with E-state index in [0.717, 1.165) is 10.0 Å². The van der Waals surface area contributed by atoms with Crippen LogP contribution in [0.25, 0.3) is 11.3 Å². The van der Waals surface area contributed by atoms with Crippen LogP contribution in [0, 0.1) is 0 Å². The molecule has 18 heavy (non-hydrogen) atoms. The molecule has 2 rings (SSSR count). The summed E-state index contributed by atoms with van der Waals surface area (Å²) in [7, 11) is 0. The number of aromatic nitrogens is 2. The maximum atomic E-state index is 10.2. The van der Waals surface area contributed by atoms with E-state index in [2.05, 4.69) is 30.6 Å². The second kappa shape index (κ2) is 5.59. The molecular formula is C12H10BrN3O2. The second-order valence-corrected chi connectivity index (χ2v) is 4.42. The van der Waals surface area contributed by atoms with E-state index < -0.39 is 0 Å². The molecule has 0 saturated carbocycles. The van der Waals surface area contributed by atoms with Crippen LogP contribution in [-0.4, -0.2) is 16.4 Å². The molecule has 2 aromatic rings. The summed E-state index contributed by atoms with van der Waals surface area (Å²) in [5.74, 6) is 0.260. The van der Waals surface area contributed by atoms with Gasteiger partial charge in [-0.1, -0.05) is 28.1 Å². The third kappa shape index (κ3) is 2.84. The second-order valence-electron chi connectivity index (χ2n) is 3.50. The molecule has 0 spiro atoms. The average molecular weight is 308 g/mol. The van der Waals surface area contributed by atoms with Crippen LogP contribution in [0.3, 0.4) is 0 Å². The first-order chi connectivity index (χ1) is 8.70. The van der Waals surface area contributed by atoms with Crippen LogP contribution in [0.15, 0.2) is 34.9 Å². The number of ether oxygens (including phenoxy) is 1. The van der Waals surface area contributed by atoms with E-state index in [4.69, 9.17) is 5.73 Å². The van der Waals surface area contributed by atoms with Crippen molar-refractivity contribution < 1.29 is 9.53 Å². The Morgan fingerprint density at radius 1 is 1.44 bits per heavy atom. The normalized spacial score (nSPS) is 10.1. The number of hydrogen-bond acceptors (Lipinski definition) is 5. The Morgan fingerprint density at radius 3 is 3.00 bits per heavy atom. The molecule has 0 amide bonds. The van der Waals surface area contributed by atoms with Crippen molar-refractivity contribution in [2.75, 3.05) is 5.73 Å². The van der Waals surface area contributed by atoms with Crippen molar-refractivity contribution >= 4 is 28.2 Å². The van der Waals surface area contributed by atoms with E-state index in [9.17, 15) is 4.79 Å². The molecule has 6 heteroatoms. The summed E-state index contributed by atoms with van der Waals surface area (Å²) in [6.07, 6.45) is 1.58. The first kappa shape index (κ1) is 12.5. The lowest BCUT2D eigenvalue weighted by Gasteiger charge is -2.06. The quantitative estimate of drug-likeness (QED) is 0.876. The molecule has 0 bridgehead atoms. The first-order valence-electron chi connectivity index (χ1n) is 5.13. The van der Waals surface area contributed by atoms with Crippen molar-refractivity contribution in [2.24, 2.45) is 0 Å². The third-order valence-corrected chi connectivity index (χ3v) is 2.78. The number of anilines is 1. The average Bonchev–Trinajstić information content (AvgIpc) is 2.38. The van der Waals surface area contributed by atoms with Gasteiger partial charge in [0.05, 0.1) is 11.9 Å². The molecule has 0 radical (unpaired) electrons. The monoisotopic (exact) mass is 307 g/mol. The zero-order chi connectivity index (χ0) is 13.0. The summed E-state index contributed by atoms with van der Waals surface area (Å²) in [5, 5.41) is 0. The molecule has 0 saturated heterocycles. The molecule has 0 aliphatic carbocycles. The molecule has 0 aliphatic rings. The highest BCUT2D eigenvalue weighted by atomic mass is 79.9. The summed E-state index contributed by atoms with van der Waals surface area (Å²) in [4.78, 5) is 18.5. The van der Waals surface area contributed by atoms with Gasteiger partial charge in [-0.2, -0.15) is 0 Å². The van der Waals surface area contributed by atoms with E-state index in [1.54, 1.807) is 6.20 Å². The summed E-state index contributed by atoms with van der Waals surface area (Å²) in [6.45, 7) is 0.372. The van der Waals surface area contributed by atoms with Gasteiger partial charge >= 0.3 is 0 Å². The molecule has 0 atom stereocenters. The van der Waals surface area contributed by atoms with Crippen LogP contribution >= 0.6 is 15.9 Å². The minimum atomic E-state index is 0.0180. The Balaban J connectivity index is 2.37. The van der Waals surface area contributed by atoms with E-state index in [1.807, 2.05) is 24.3 Å². The minimum absolute atomic E-state index is 0.0180. The number of rotatable bonds is 4. The number of nitrogens with two attached hydrogens (primary N) is 1. The SMILES string of the molecule is Nc1ncc(-c2cccc(Br)c2)nc1COC=O. The van der Waals surface area contributed by atoms with E-state index in [1.165, 1.54) is 0 Å². The van der Waals surface area contributed by atoms with Crippen LogP contribution < -0.4 is 5.73 Å². The van der Waals surface area contributed by atoms with Gasteiger partial charge < -0.3 is 10.5 Å². The Labute approximate surface area is 112 Å². The fourth-order valence-electron chi connectivity index (χ4n) is 1.44. The highest BCUT2D eigenvalue weighted by Crippen LogP contribution is 2.22. The molecule has 0 unspecified atom stereocenters. The van der Waals surface area contributed by atoms with Gasteiger partial charge in [-0.25, -0.2) is 9.97 Å². The van der Waals surface area contributed by atoms with Gasteiger partial charge in [0.15, 0.2) is 0 Å². The van der Waals surface area contributed by atoms with Gasteiger partial charge in [0, 0.05) is 10.0 Å². The predicted octanol–water partition coefficient (Wildman–Crippen LogP) is 2.16. The lowest BCUT2D eigenvalue weighted by atomic mass is 10.1. The molecule has 92 valence electrons. The van der Waals surface area contributed by atoms with Crippen LogP contribution in [0.1, 0.15) is 5.69 Å². The number of halogens is 1. The Morgan fingerprint density at radius 2 is 2.28 bits per heavy atom. The maximum absolute atomic E-state index is 10.2. The molecular weight excluding hydrogens is 298 g/mol. The first-order valence-corrected chi connectivity index (χ1v) is 5.92. The van der Waals surface area contributed by atoms with E-state index in [0.29, 0.717) is 17.9 Å². The van der Waals surface area contributed by atoms with Crippen LogP contribution in [-0.2, 0) is 16.1 Å². The number of carbonyl (C=O) groups is 1. The Bertz CT molecular complexity index is 575. The molecule has 5 nitrogen and oxygen atoms in total. The van der Waals surface area contributed by atoms with Gasteiger partial charge in [-0.15, -0.1) is 0 Å². The van der Waals surface area contributed by atoms with Crippen LogP contribution in [0.5, 0.6) is 0 Å². The van der Waals surface area contributed by atoms with Gasteiger partial charge in [-0.05, 0) is 12.1 Å². The number of nitrogen functional groups attached to an aromatic ring is 1. The van der Waals surface area contributed by atoms with Crippen molar-refractivity contribution in [3.05, 3.63) is 40.6 Å². The predicted molar refractivity (Wildman–Crippen MR) is 70.4 cm³/mol.